The minimum absolute atomic E-state index is 0.614. The maximum Gasteiger partial charge on any atom is 0.205 e. The Hall–Kier alpha value is -1.55. The molecular weight excluding hydrogens is 188 g/mol. The van der Waals surface area contributed by atoms with Crippen LogP contribution in [0.1, 0.15) is 11.1 Å². The highest BCUT2D eigenvalue weighted by molar-refractivity contribution is 5.78. The first-order chi connectivity index (χ1) is 7.26. The van der Waals surface area contributed by atoms with Crippen LogP contribution in [-0.4, -0.2) is 19.6 Å². The number of aliphatic imine (C=N–C) groups is 1. The summed E-state index contributed by atoms with van der Waals surface area (Å²) >= 11 is 0. The monoisotopic (exact) mass is 206 g/mol. The molecule has 1 rings (SSSR count). The molecule has 4 nitrogen and oxygen atoms in total. The van der Waals surface area contributed by atoms with Gasteiger partial charge in [0.25, 0.3) is 0 Å². The Balaban J connectivity index is 2.38. The van der Waals surface area contributed by atoms with Crippen LogP contribution in [0.5, 0.6) is 0 Å². The molecule has 0 aliphatic rings. The molecule has 1 aromatic carbocycles. The van der Waals surface area contributed by atoms with Crippen LogP contribution in [0, 0.1) is 6.92 Å². The van der Waals surface area contributed by atoms with Gasteiger partial charge in [-0.15, -0.1) is 0 Å². The van der Waals surface area contributed by atoms with Crippen LogP contribution in [0.2, 0.25) is 0 Å². The maximum atomic E-state index is 5.24. The van der Waals surface area contributed by atoms with E-state index in [2.05, 4.69) is 46.9 Å². The quantitative estimate of drug-likeness (QED) is 0.293. The van der Waals surface area contributed by atoms with Crippen molar-refractivity contribution in [2.24, 2.45) is 10.8 Å². The fraction of sp³-hybridized carbons (Fsp3) is 0.364. The molecule has 0 saturated heterocycles. The number of hydrogen-bond donors (Lipinski definition) is 3. The summed E-state index contributed by atoms with van der Waals surface area (Å²) in [6, 6.07) is 8.46. The van der Waals surface area contributed by atoms with E-state index in [9.17, 15) is 0 Å². The average Bonchev–Trinajstić information content (AvgIpc) is 2.25. The molecular formula is C11H18N4. The van der Waals surface area contributed by atoms with Crippen LogP contribution in [0.15, 0.2) is 29.3 Å². The SMILES string of the molecule is CN=C(NN)NCCc1cccc(C)c1. The van der Waals surface area contributed by atoms with E-state index in [0.717, 1.165) is 13.0 Å². The number of aryl methyl sites for hydroxylation is 1. The van der Waals surface area contributed by atoms with Crippen molar-refractivity contribution in [1.29, 1.82) is 0 Å². The minimum Gasteiger partial charge on any atom is -0.355 e. The van der Waals surface area contributed by atoms with E-state index >= 15 is 0 Å². The molecule has 15 heavy (non-hydrogen) atoms. The Morgan fingerprint density at radius 2 is 2.27 bits per heavy atom. The number of guanidine groups is 1. The number of nitrogens with zero attached hydrogens (tertiary/aromatic N) is 1. The van der Waals surface area contributed by atoms with Crippen molar-refractivity contribution >= 4 is 5.96 Å². The third-order valence-electron chi connectivity index (χ3n) is 2.15. The van der Waals surface area contributed by atoms with Gasteiger partial charge in [-0.1, -0.05) is 29.8 Å². The van der Waals surface area contributed by atoms with Crippen molar-refractivity contribution < 1.29 is 0 Å². The first-order valence-electron chi connectivity index (χ1n) is 4.99. The molecule has 0 aliphatic carbocycles. The largest absolute Gasteiger partial charge is 0.355 e. The van der Waals surface area contributed by atoms with Crippen molar-refractivity contribution in [3.05, 3.63) is 35.4 Å². The smallest absolute Gasteiger partial charge is 0.205 e. The van der Waals surface area contributed by atoms with Gasteiger partial charge >= 0.3 is 0 Å². The first-order valence-corrected chi connectivity index (χ1v) is 4.99. The molecule has 0 saturated carbocycles. The van der Waals surface area contributed by atoms with E-state index in [4.69, 9.17) is 5.84 Å². The van der Waals surface area contributed by atoms with Gasteiger partial charge in [-0.05, 0) is 18.9 Å². The zero-order valence-corrected chi connectivity index (χ0v) is 9.25. The van der Waals surface area contributed by atoms with Gasteiger partial charge in [-0.25, -0.2) is 5.84 Å². The van der Waals surface area contributed by atoms with Gasteiger partial charge in [0.2, 0.25) is 5.96 Å². The number of nitrogens with two attached hydrogens (primary N) is 1. The fourth-order valence-electron chi connectivity index (χ4n) is 1.39. The summed E-state index contributed by atoms with van der Waals surface area (Å²) in [6.45, 7) is 2.91. The second-order valence-electron chi connectivity index (χ2n) is 3.38. The molecule has 0 bridgehead atoms. The minimum atomic E-state index is 0.614. The Bertz CT molecular complexity index is 333. The van der Waals surface area contributed by atoms with Crippen molar-refractivity contribution in [3.8, 4) is 0 Å². The Morgan fingerprint density at radius 1 is 1.47 bits per heavy atom. The van der Waals surface area contributed by atoms with Crippen LogP contribution >= 0.6 is 0 Å². The number of hydrazine groups is 1. The fourth-order valence-corrected chi connectivity index (χ4v) is 1.39. The molecule has 0 spiro atoms. The highest BCUT2D eigenvalue weighted by atomic mass is 15.3. The van der Waals surface area contributed by atoms with Crippen LogP contribution in [-0.2, 0) is 6.42 Å². The predicted molar refractivity (Wildman–Crippen MR) is 63.6 cm³/mol. The van der Waals surface area contributed by atoms with Gasteiger partial charge in [0.15, 0.2) is 0 Å². The lowest BCUT2D eigenvalue weighted by Gasteiger charge is -2.08. The third kappa shape index (κ3) is 3.99. The summed E-state index contributed by atoms with van der Waals surface area (Å²) in [5, 5.41) is 3.10. The van der Waals surface area contributed by atoms with E-state index in [1.165, 1.54) is 11.1 Å². The van der Waals surface area contributed by atoms with Crippen LogP contribution in [0.4, 0.5) is 0 Å². The predicted octanol–water partition coefficient (Wildman–Crippen LogP) is 0.576. The lowest BCUT2D eigenvalue weighted by atomic mass is 10.1. The van der Waals surface area contributed by atoms with E-state index in [1.807, 2.05) is 0 Å². The number of rotatable bonds is 3. The molecule has 0 aromatic heterocycles. The summed E-state index contributed by atoms with van der Waals surface area (Å²) in [5.41, 5.74) is 5.09. The van der Waals surface area contributed by atoms with Gasteiger partial charge in [-0.2, -0.15) is 0 Å². The molecule has 4 N–H and O–H groups in total. The molecule has 82 valence electrons. The average molecular weight is 206 g/mol. The molecule has 0 heterocycles. The van der Waals surface area contributed by atoms with Crippen molar-refractivity contribution in [1.82, 2.24) is 10.7 Å². The van der Waals surface area contributed by atoms with Gasteiger partial charge in [0.1, 0.15) is 0 Å². The molecule has 0 amide bonds. The molecule has 4 heteroatoms. The molecule has 0 aliphatic heterocycles. The Morgan fingerprint density at radius 3 is 2.87 bits per heavy atom. The van der Waals surface area contributed by atoms with Crippen molar-refractivity contribution in [3.63, 3.8) is 0 Å². The van der Waals surface area contributed by atoms with Gasteiger partial charge in [0.05, 0.1) is 0 Å². The second kappa shape index (κ2) is 6.03. The lowest BCUT2D eigenvalue weighted by Crippen LogP contribution is -2.42. The molecule has 0 radical (unpaired) electrons. The Labute approximate surface area is 90.6 Å². The van der Waals surface area contributed by atoms with Gasteiger partial charge in [-0.3, -0.25) is 10.4 Å². The van der Waals surface area contributed by atoms with Gasteiger partial charge in [0, 0.05) is 13.6 Å². The van der Waals surface area contributed by atoms with Crippen LogP contribution in [0.25, 0.3) is 0 Å². The molecule has 0 fully saturated rings. The molecule has 0 atom stereocenters. The van der Waals surface area contributed by atoms with E-state index in [0.29, 0.717) is 5.96 Å². The topological polar surface area (TPSA) is 62.4 Å². The lowest BCUT2D eigenvalue weighted by molar-refractivity contribution is 0.816. The van der Waals surface area contributed by atoms with E-state index in [-0.39, 0.29) is 0 Å². The number of hydrogen-bond acceptors (Lipinski definition) is 2. The normalized spacial score (nSPS) is 11.3. The van der Waals surface area contributed by atoms with Crippen molar-refractivity contribution in [2.45, 2.75) is 13.3 Å². The van der Waals surface area contributed by atoms with Gasteiger partial charge < -0.3 is 5.32 Å². The summed E-state index contributed by atoms with van der Waals surface area (Å²) < 4.78 is 0. The third-order valence-corrected chi connectivity index (χ3v) is 2.15. The number of nitrogens with one attached hydrogen (secondary N) is 2. The summed E-state index contributed by atoms with van der Waals surface area (Å²) in [5.74, 6) is 5.86. The zero-order valence-electron chi connectivity index (χ0n) is 9.25. The van der Waals surface area contributed by atoms with E-state index < -0.39 is 0 Å². The van der Waals surface area contributed by atoms with E-state index in [1.54, 1.807) is 7.05 Å². The second-order valence-corrected chi connectivity index (χ2v) is 3.38. The molecule has 0 unspecified atom stereocenters. The van der Waals surface area contributed by atoms with Crippen LogP contribution in [0.3, 0.4) is 0 Å². The molecule has 1 aromatic rings. The highest BCUT2D eigenvalue weighted by Gasteiger charge is 1.95. The Kier molecular flexibility index (Phi) is 4.63. The summed E-state index contributed by atoms with van der Waals surface area (Å²) in [4.78, 5) is 3.92. The summed E-state index contributed by atoms with van der Waals surface area (Å²) in [7, 11) is 1.69. The standard InChI is InChI=1S/C11H18N4/c1-9-4-3-5-10(8-9)6-7-14-11(13-2)15-12/h3-5,8H,6-7,12H2,1-2H3,(H2,13,14,15). The van der Waals surface area contributed by atoms with Crippen LogP contribution < -0.4 is 16.6 Å². The highest BCUT2D eigenvalue weighted by Crippen LogP contribution is 2.03. The maximum absolute atomic E-state index is 5.24. The number of benzene rings is 1. The first kappa shape index (κ1) is 11.5. The summed E-state index contributed by atoms with van der Waals surface area (Å²) in [6.07, 6.45) is 0.961. The zero-order chi connectivity index (χ0) is 11.1. The van der Waals surface area contributed by atoms with Crippen molar-refractivity contribution in [2.75, 3.05) is 13.6 Å².